The molecule has 1 fully saturated rings. The summed E-state index contributed by atoms with van der Waals surface area (Å²) in [5.74, 6) is 1.79. The molecule has 0 N–H and O–H groups in total. The molecule has 2 nitrogen and oxygen atoms in total. The van der Waals surface area contributed by atoms with Crippen LogP contribution in [0.4, 0.5) is 0 Å². The van der Waals surface area contributed by atoms with Crippen LogP contribution in [0.5, 0.6) is 5.75 Å². The van der Waals surface area contributed by atoms with E-state index in [1.165, 1.54) is 11.1 Å². The van der Waals surface area contributed by atoms with Crippen LogP contribution in [0.15, 0.2) is 18.2 Å². The van der Waals surface area contributed by atoms with Gasteiger partial charge in [0.2, 0.25) is 0 Å². The summed E-state index contributed by atoms with van der Waals surface area (Å²) in [5.41, 5.74) is 2.36. The van der Waals surface area contributed by atoms with Crippen molar-refractivity contribution < 1.29 is 4.74 Å². The topological polar surface area (TPSA) is 33.0 Å². The van der Waals surface area contributed by atoms with Gasteiger partial charge in [-0.1, -0.05) is 26.0 Å². The molecule has 2 atom stereocenters. The highest BCUT2D eigenvalue weighted by atomic mass is 16.5. The lowest BCUT2D eigenvalue weighted by Crippen LogP contribution is -1.98. The number of nitrogens with zero attached hydrogens (tertiary/aromatic N) is 1. The van der Waals surface area contributed by atoms with Gasteiger partial charge in [-0.25, -0.2) is 0 Å². The van der Waals surface area contributed by atoms with E-state index in [4.69, 9.17) is 10.00 Å². The lowest BCUT2D eigenvalue weighted by atomic mass is 9.95. The normalized spacial score (nSPS) is 26.7. The van der Waals surface area contributed by atoms with Crippen LogP contribution in [0, 0.1) is 16.7 Å². The maximum absolute atomic E-state index is 9.10. The quantitative estimate of drug-likeness (QED) is 0.789. The standard InChI is InChI=1S/C15H19NO/c1-10(2)12-7-11(5-6-14(12)17-4)13-8-15(13,3)9-16/h5-7,10,13H,8H2,1-4H3. The van der Waals surface area contributed by atoms with Crippen molar-refractivity contribution in [1.29, 1.82) is 5.26 Å². The Balaban J connectivity index is 2.34. The molecule has 2 unspecified atom stereocenters. The van der Waals surface area contributed by atoms with Crippen LogP contribution in [0.25, 0.3) is 0 Å². The Kier molecular flexibility index (Phi) is 2.87. The van der Waals surface area contributed by atoms with Gasteiger partial charge in [-0.3, -0.25) is 0 Å². The number of hydrogen-bond donors (Lipinski definition) is 0. The molecule has 1 aliphatic carbocycles. The zero-order chi connectivity index (χ0) is 12.6. The Morgan fingerprint density at radius 3 is 2.65 bits per heavy atom. The molecule has 1 saturated carbocycles. The second-order valence-electron chi connectivity index (χ2n) is 5.44. The minimum atomic E-state index is -0.150. The van der Waals surface area contributed by atoms with Crippen molar-refractivity contribution in [2.24, 2.45) is 5.41 Å². The fourth-order valence-corrected chi connectivity index (χ4v) is 2.40. The molecule has 17 heavy (non-hydrogen) atoms. The summed E-state index contributed by atoms with van der Waals surface area (Å²) in [6.07, 6.45) is 0.980. The van der Waals surface area contributed by atoms with Gasteiger partial charge < -0.3 is 4.74 Å². The van der Waals surface area contributed by atoms with Gasteiger partial charge in [0.05, 0.1) is 18.6 Å². The van der Waals surface area contributed by atoms with Crippen LogP contribution in [-0.2, 0) is 0 Å². The summed E-state index contributed by atoms with van der Waals surface area (Å²) >= 11 is 0. The molecule has 0 aliphatic heterocycles. The molecule has 0 amide bonds. The van der Waals surface area contributed by atoms with Gasteiger partial charge in [-0.2, -0.15) is 5.26 Å². The highest BCUT2D eigenvalue weighted by Gasteiger charge is 2.51. The SMILES string of the molecule is COc1ccc(C2CC2(C)C#N)cc1C(C)C. The number of hydrogen-bond acceptors (Lipinski definition) is 2. The molecular weight excluding hydrogens is 210 g/mol. The number of nitriles is 1. The van der Waals surface area contributed by atoms with E-state index in [0.29, 0.717) is 11.8 Å². The zero-order valence-corrected chi connectivity index (χ0v) is 10.9. The first-order valence-electron chi connectivity index (χ1n) is 6.11. The number of methoxy groups -OCH3 is 1. The fraction of sp³-hybridized carbons (Fsp3) is 0.533. The van der Waals surface area contributed by atoms with E-state index < -0.39 is 0 Å². The highest BCUT2D eigenvalue weighted by Crippen LogP contribution is 2.58. The first-order chi connectivity index (χ1) is 8.01. The zero-order valence-electron chi connectivity index (χ0n) is 10.9. The minimum Gasteiger partial charge on any atom is -0.496 e. The summed E-state index contributed by atoms with van der Waals surface area (Å²) in [6, 6.07) is 8.74. The Bertz CT molecular complexity index is 472. The second-order valence-corrected chi connectivity index (χ2v) is 5.44. The molecule has 1 aromatic carbocycles. The third kappa shape index (κ3) is 2.02. The van der Waals surface area contributed by atoms with Gasteiger partial charge in [-0.15, -0.1) is 0 Å². The molecule has 0 bridgehead atoms. The van der Waals surface area contributed by atoms with E-state index in [0.717, 1.165) is 12.2 Å². The molecule has 1 aliphatic rings. The predicted molar refractivity (Wildman–Crippen MR) is 68.2 cm³/mol. The minimum absolute atomic E-state index is 0.150. The van der Waals surface area contributed by atoms with Gasteiger partial charge in [0.1, 0.15) is 5.75 Å². The summed E-state index contributed by atoms with van der Waals surface area (Å²) < 4.78 is 5.38. The monoisotopic (exact) mass is 229 g/mol. The lowest BCUT2D eigenvalue weighted by Gasteiger charge is -2.13. The van der Waals surface area contributed by atoms with Crippen LogP contribution in [0.1, 0.15) is 50.2 Å². The van der Waals surface area contributed by atoms with Crippen LogP contribution in [-0.4, -0.2) is 7.11 Å². The maximum atomic E-state index is 9.10. The average molecular weight is 229 g/mol. The molecule has 0 heterocycles. The third-order valence-corrected chi connectivity index (χ3v) is 3.77. The molecule has 0 spiro atoms. The largest absolute Gasteiger partial charge is 0.496 e. The summed E-state index contributed by atoms with van der Waals surface area (Å²) in [6.45, 7) is 6.37. The Morgan fingerprint density at radius 2 is 2.18 bits per heavy atom. The number of rotatable bonds is 3. The lowest BCUT2D eigenvalue weighted by molar-refractivity contribution is 0.407. The van der Waals surface area contributed by atoms with Gasteiger partial charge in [0, 0.05) is 5.92 Å². The number of benzene rings is 1. The van der Waals surface area contributed by atoms with Crippen LogP contribution in [0.3, 0.4) is 0 Å². The van der Waals surface area contributed by atoms with Crippen molar-refractivity contribution in [1.82, 2.24) is 0 Å². The van der Waals surface area contributed by atoms with E-state index in [-0.39, 0.29) is 5.41 Å². The Hall–Kier alpha value is -1.49. The van der Waals surface area contributed by atoms with Crippen molar-refractivity contribution in [2.75, 3.05) is 7.11 Å². The van der Waals surface area contributed by atoms with Crippen LogP contribution >= 0.6 is 0 Å². The Morgan fingerprint density at radius 1 is 1.47 bits per heavy atom. The van der Waals surface area contributed by atoms with Crippen molar-refractivity contribution >= 4 is 0 Å². The highest BCUT2D eigenvalue weighted by molar-refractivity contribution is 5.44. The smallest absolute Gasteiger partial charge is 0.122 e. The molecule has 0 aromatic heterocycles. The van der Waals surface area contributed by atoms with Gasteiger partial charge >= 0.3 is 0 Å². The maximum Gasteiger partial charge on any atom is 0.122 e. The molecule has 0 radical (unpaired) electrons. The molecule has 90 valence electrons. The van der Waals surface area contributed by atoms with Crippen molar-refractivity contribution in [2.45, 2.75) is 39.0 Å². The van der Waals surface area contributed by atoms with E-state index in [9.17, 15) is 0 Å². The molecular formula is C15H19NO. The Labute approximate surface area is 103 Å². The number of ether oxygens (including phenoxy) is 1. The van der Waals surface area contributed by atoms with Gasteiger partial charge in [0.15, 0.2) is 0 Å². The van der Waals surface area contributed by atoms with Gasteiger partial charge in [-0.05, 0) is 36.5 Å². The summed E-state index contributed by atoms with van der Waals surface area (Å²) in [4.78, 5) is 0. The molecule has 2 heteroatoms. The van der Waals surface area contributed by atoms with E-state index in [2.05, 4.69) is 32.0 Å². The molecule has 1 aromatic rings. The summed E-state index contributed by atoms with van der Waals surface area (Å²) in [7, 11) is 1.71. The summed E-state index contributed by atoms with van der Waals surface area (Å²) in [5, 5.41) is 9.10. The van der Waals surface area contributed by atoms with E-state index >= 15 is 0 Å². The van der Waals surface area contributed by atoms with E-state index in [1.807, 2.05) is 13.0 Å². The van der Waals surface area contributed by atoms with Gasteiger partial charge in [0.25, 0.3) is 0 Å². The molecule has 2 rings (SSSR count). The van der Waals surface area contributed by atoms with Crippen LogP contribution < -0.4 is 4.74 Å². The fourth-order valence-electron chi connectivity index (χ4n) is 2.40. The first-order valence-corrected chi connectivity index (χ1v) is 6.11. The second kappa shape index (κ2) is 4.07. The van der Waals surface area contributed by atoms with Crippen LogP contribution in [0.2, 0.25) is 0 Å². The van der Waals surface area contributed by atoms with Crippen molar-refractivity contribution in [3.63, 3.8) is 0 Å². The average Bonchev–Trinajstić information content (AvgIpc) is 3.01. The molecule has 0 saturated heterocycles. The van der Waals surface area contributed by atoms with E-state index in [1.54, 1.807) is 7.11 Å². The van der Waals surface area contributed by atoms with Crippen molar-refractivity contribution in [3.8, 4) is 11.8 Å². The predicted octanol–water partition coefficient (Wildman–Crippen LogP) is 3.84. The first kappa shape index (κ1) is 12.0. The third-order valence-electron chi connectivity index (χ3n) is 3.77. The van der Waals surface area contributed by atoms with Crippen molar-refractivity contribution in [3.05, 3.63) is 29.3 Å².